The predicted octanol–water partition coefficient (Wildman–Crippen LogP) is 6.59. The largest absolute Gasteiger partial charge is 0.497 e. The van der Waals surface area contributed by atoms with Gasteiger partial charge in [-0.1, -0.05) is 35.9 Å². The minimum absolute atomic E-state index is 0.169. The molecule has 1 aromatic heterocycles. The molecule has 0 radical (unpaired) electrons. The highest BCUT2D eigenvalue weighted by Crippen LogP contribution is 2.35. The highest BCUT2D eigenvalue weighted by atomic mass is 35.5. The third kappa shape index (κ3) is 4.42. The topological polar surface area (TPSA) is 47.6 Å². The summed E-state index contributed by atoms with van der Waals surface area (Å²) in [5.74, 6) is 2.06. The maximum atomic E-state index is 12.6. The van der Waals surface area contributed by atoms with Gasteiger partial charge in [0.2, 0.25) is 0 Å². The van der Waals surface area contributed by atoms with Crippen LogP contribution in [0.4, 0.5) is 0 Å². The number of benzene rings is 3. The Morgan fingerprint density at radius 3 is 2.27 bits per heavy atom. The first-order chi connectivity index (χ1) is 14.5. The van der Waals surface area contributed by atoms with E-state index in [1.54, 1.807) is 7.11 Å². The number of amides is 1. The minimum Gasteiger partial charge on any atom is -0.497 e. The SMILES string of the molecule is COc1ccc(Oc2ccc(CNC(=O)c3sc4cc(C)ccc4c3Cl)cc2)cc1. The van der Waals surface area contributed by atoms with Gasteiger partial charge in [0.25, 0.3) is 5.91 Å². The number of halogens is 1. The molecule has 1 amide bonds. The van der Waals surface area contributed by atoms with Crippen LogP contribution in [-0.4, -0.2) is 13.0 Å². The first-order valence-corrected chi connectivity index (χ1v) is 10.6. The van der Waals surface area contributed by atoms with Gasteiger partial charge in [0, 0.05) is 16.6 Å². The molecule has 0 saturated heterocycles. The van der Waals surface area contributed by atoms with Crippen LogP contribution in [-0.2, 0) is 6.54 Å². The normalized spacial score (nSPS) is 10.8. The Morgan fingerprint density at radius 2 is 1.60 bits per heavy atom. The van der Waals surface area contributed by atoms with Crippen molar-refractivity contribution in [3.05, 3.63) is 87.8 Å². The van der Waals surface area contributed by atoms with E-state index in [1.807, 2.05) is 73.7 Å². The van der Waals surface area contributed by atoms with Crippen LogP contribution in [0.5, 0.6) is 17.2 Å². The third-order valence-corrected chi connectivity index (χ3v) is 6.32. The van der Waals surface area contributed by atoms with E-state index in [9.17, 15) is 4.79 Å². The van der Waals surface area contributed by atoms with Gasteiger partial charge in [0.05, 0.1) is 12.1 Å². The predicted molar refractivity (Wildman–Crippen MR) is 122 cm³/mol. The lowest BCUT2D eigenvalue weighted by atomic mass is 10.2. The monoisotopic (exact) mass is 437 g/mol. The molecule has 4 nitrogen and oxygen atoms in total. The zero-order chi connectivity index (χ0) is 21.1. The van der Waals surface area contributed by atoms with Crippen LogP contribution in [0.3, 0.4) is 0 Å². The van der Waals surface area contributed by atoms with Crippen molar-refractivity contribution in [2.75, 3.05) is 7.11 Å². The van der Waals surface area contributed by atoms with E-state index < -0.39 is 0 Å². The van der Waals surface area contributed by atoms with Gasteiger partial charge in [-0.05, 0) is 60.5 Å². The molecule has 152 valence electrons. The molecule has 4 aromatic rings. The first-order valence-electron chi connectivity index (χ1n) is 9.41. The molecule has 30 heavy (non-hydrogen) atoms. The highest BCUT2D eigenvalue weighted by molar-refractivity contribution is 7.21. The first kappa shape index (κ1) is 20.3. The van der Waals surface area contributed by atoms with Crippen LogP contribution in [0.15, 0.2) is 66.7 Å². The van der Waals surface area contributed by atoms with Crippen molar-refractivity contribution >= 4 is 38.9 Å². The molecule has 0 unspecified atom stereocenters. The maximum Gasteiger partial charge on any atom is 0.263 e. The van der Waals surface area contributed by atoms with E-state index in [2.05, 4.69) is 5.32 Å². The molecule has 0 aliphatic heterocycles. The number of thiophene rings is 1. The fraction of sp³-hybridized carbons (Fsp3) is 0.125. The molecule has 0 aliphatic rings. The summed E-state index contributed by atoms with van der Waals surface area (Å²) < 4.78 is 12.0. The molecule has 0 bridgehead atoms. The number of methoxy groups -OCH3 is 1. The van der Waals surface area contributed by atoms with Crippen LogP contribution in [0.2, 0.25) is 5.02 Å². The zero-order valence-corrected chi connectivity index (χ0v) is 18.1. The molecule has 1 heterocycles. The van der Waals surface area contributed by atoms with Crippen LogP contribution < -0.4 is 14.8 Å². The van der Waals surface area contributed by atoms with Gasteiger partial charge in [0.15, 0.2) is 0 Å². The molecular weight excluding hydrogens is 418 g/mol. The van der Waals surface area contributed by atoms with Gasteiger partial charge in [-0.3, -0.25) is 4.79 Å². The van der Waals surface area contributed by atoms with Crippen molar-refractivity contribution in [1.82, 2.24) is 5.32 Å². The van der Waals surface area contributed by atoms with E-state index in [-0.39, 0.29) is 5.91 Å². The number of hydrogen-bond acceptors (Lipinski definition) is 4. The summed E-state index contributed by atoms with van der Waals surface area (Å²) in [7, 11) is 1.63. The van der Waals surface area contributed by atoms with Gasteiger partial charge in [-0.15, -0.1) is 11.3 Å². The van der Waals surface area contributed by atoms with Gasteiger partial charge < -0.3 is 14.8 Å². The number of hydrogen-bond donors (Lipinski definition) is 1. The van der Waals surface area contributed by atoms with E-state index in [0.717, 1.165) is 38.5 Å². The van der Waals surface area contributed by atoms with E-state index >= 15 is 0 Å². The fourth-order valence-corrected chi connectivity index (χ4v) is 4.57. The van der Waals surface area contributed by atoms with Crippen molar-refractivity contribution in [1.29, 1.82) is 0 Å². The summed E-state index contributed by atoms with van der Waals surface area (Å²) in [4.78, 5) is 13.2. The van der Waals surface area contributed by atoms with E-state index in [4.69, 9.17) is 21.1 Å². The van der Waals surface area contributed by atoms with Crippen molar-refractivity contribution in [3.63, 3.8) is 0 Å². The lowest BCUT2D eigenvalue weighted by molar-refractivity contribution is 0.0955. The molecule has 0 spiro atoms. The highest BCUT2D eigenvalue weighted by Gasteiger charge is 2.17. The smallest absolute Gasteiger partial charge is 0.263 e. The molecule has 4 rings (SSSR count). The Bertz CT molecular complexity index is 1180. The molecule has 0 fully saturated rings. The van der Waals surface area contributed by atoms with E-state index in [1.165, 1.54) is 11.3 Å². The lowest BCUT2D eigenvalue weighted by Crippen LogP contribution is -2.22. The number of carbonyl (C=O) groups is 1. The number of aryl methyl sites for hydroxylation is 1. The molecule has 0 aliphatic carbocycles. The summed E-state index contributed by atoms with van der Waals surface area (Å²) in [6, 6.07) is 21.0. The lowest BCUT2D eigenvalue weighted by Gasteiger charge is -2.08. The average molecular weight is 438 g/mol. The Balaban J connectivity index is 1.39. The second-order valence-electron chi connectivity index (χ2n) is 6.85. The van der Waals surface area contributed by atoms with Gasteiger partial charge in [-0.25, -0.2) is 0 Å². The van der Waals surface area contributed by atoms with Crippen LogP contribution in [0.1, 0.15) is 20.8 Å². The quantitative estimate of drug-likeness (QED) is 0.370. The Morgan fingerprint density at radius 1 is 0.967 bits per heavy atom. The average Bonchev–Trinajstić information content (AvgIpc) is 3.09. The van der Waals surface area contributed by atoms with Crippen LogP contribution in [0, 0.1) is 6.92 Å². The zero-order valence-electron chi connectivity index (χ0n) is 16.6. The summed E-state index contributed by atoms with van der Waals surface area (Å²) in [6.07, 6.45) is 0. The minimum atomic E-state index is -0.169. The third-order valence-electron chi connectivity index (χ3n) is 4.66. The fourth-order valence-electron chi connectivity index (χ4n) is 3.04. The summed E-state index contributed by atoms with van der Waals surface area (Å²) in [5.41, 5.74) is 2.11. The Labute approximate surface area is 184 Å². The second-order valence-corrected chi connectivity index (χ2v) is 8.28. The standard InChI is InChI=1S/C24H20ClNO3S/c1-15-3-12-20-21(13-15)30-23(22(20)25)24(27)26-14-16-4-6-18(7-5-16)29-19-10-8-17(28-2)9-11-19/h3-13H,14H2,1-2H3,(H,26,27). The molecule has 6 heteroatoms. The molecule has 0 saturated carbocycles. The number of nitrogens with one attached hydrogen (secondary N) is 1. The van der Waals surface area contributed by atoms with Gasteiger partial charge >= 0.3 is 0 Å². The van der Waals surface area contributed by atoms with Gasteiger partial charge in [0.1, 0.15) is 22.1 Å². The maximum absolute atomic E-state index is 12.6. The number of fused-ring (bicyclic) bond motifs is 1. The summed E-state index contributed by atoms with van der Waals surface area (Å²) >= 11 is 7.84. The van der Waals surface area contributed by atoms with Crippen LogP contribution >= 0.6 is 22.9 Å². The van der Waals surface area contributed by atoms with Crippen LogP contribution in [0.25, 0.3) is 10.1 Å². The molecule has 1 N–H and O–H groups in total. The van der Waals surface area contributed by atoms with Gasteiger partial charge in [-0.2, -0.15) is 0 Å². The Kier molecular flexibility index (Phi) is 5.93. The molecule has 3 aromatic carbocycles. The number of rotatable bonds is 6. The summed E-state index contributed by atoms with van der Waals surface area (Å²) in [6.45, 7) is 2.43. The van der Waals surface area contributed by atoms with Crippen molar-refractivity contribution in [2.45, 2.75) is 13.5 Å². The molecular formula is C24H20ClNO3S. The summed E-state index contributed by atoms with van der Waals surface area (Å²) in [5, 5.41) is 4.37. The second kappa shape index (κ2) is 8.78. The van der Waals surface area contributed by atoms with Crippen molar-refractivity contribution < 1.29 is 14.3 Å². The Hall–Kier alpha value is -3.02. The van der Waals surface area contributed by atoms with Crippen molar-refractivity contribution in [3.8, 4) is 17.2 Å². The number of carbonyl (C=O) groups excluding carboxylic acids is 1. The van der Waals surface area contributed by atoms with Crippen molar-refractivity contribution in [2.24, 2.45) is 0 Å². The van der Waals surface area contributed by atoms with E-state index in [0.29, 0.717) is 16.4 Å². The molecule has 0 atom stereocenters. The number of ether oxygens (including phenoxy) is 2.